The highest BCUT2D eigenvalue weighted by Crippen LogP contribution is 2.40. The number of carbonyl (C=O) groups excluding carboxylic acids is 3. The zero-order chi connectivity index (χ0) is 21.1. The molecule has 2 aliphatic rings. The first-order chi connectivity index (χ1) is 14.6. The van der Waals surface area contributed by atoms with E-state index in [9.17, 15) is 14.4 Å². The number of fused-ring (bicyclic) bond motifs is 1. The summed E-state index contributed by atoms with van der Waals surface area (Å²) in [5.74, 6) is 0.198. The summed E-state index contributed by atoms with van der Waals surface area (Å²) in [4.78, 5) is 41.0. The predicted molar refractivity (Wildman–Crippen MR) is 116 cm³/mol. The van der Waals surface area contributed by atoms with E-state index >= 15 is 0 Å². The van der Waals surface area contributed by atoms with Gasteiger partial charge in [0.25, 0.3) is 5.91 Å². The van der Waals surface area contributed by atoms with Crippen molar-refractivity contribution in [1.29, 1.82) is 0 Å². The zero-order valence-electron chi connectivity index (χ0n) is 17.2. The lowest BCUT2D eigenvalue weighted by molar-refractivity contribution is -0.135. The molecule has 30 heavy (non-hydrogen) atoms. The van der Waals surface area contributed by atoms with Crippen LogP contribution in [0.4, 0.5) is 0 Å². The minimum Gasteiger partial charge on any atom is -0.370 e. The summed E-state index contributed by atoms with van der Waals surface area (Å²) in [6, 6.07) is 8.06. The van der Waals surface area contributed by atoms with Crippen LogP contribution in [0.2, 0.25) is 0 Å². The van der Waals surface area contributed by atoms with Gasteiger partial charge in [-0.1, -0.05) is 18.2 Å². The normalized spacial score (nSPS) is 19.1. The van der Waals surface area contributed by atoms with Crippen LogP contribution < -0.4 is 5.32 Å². The second kappa shape index (κ2) is 9.14. The van der Waals surface area contributed by atoms with E-state index in [-0.39, 0.29) is 30.2 Å². The van der Waals surface area contributed by atoms with E-state index in [0.29, 0.717) is 32.7 Å². The van der Waals surface area contributed by atoms with Crippen LogP contribution in [0, 0.1) is 0 Å². The lowest BCUT2D eigenvalue weighted by atomic mass is 9.95. The van der Waals surface area contributed by atoms with Gasteiger partial charge in [-0.05, 0) is 29.9 Å². The molecule has 7 nitrogen and oxygen atoms in total. The molecule has 160 valence electrons. The minimum absolute atomic E-state index is 0.0292. The highest BCUT2D eigenvalue weighted by molar-refractivity contribution is 7.21. The van der Waals surface area contributed by atoms with Gasteiger partial charge in [0.05, 0.1) is 11.5 Å². The summed E-state index contributed by atoms with van der Waals surface area (Å²) in [6.45, 7) is 3.00. The van der Waals surface area contributed by atoms with Crippen LogP contribution in [0.3, 0.4) is 0 Å². The van der Waals surface area contributed by atoms with E-state index in [4.69, 9.17) is 4.74 Å². The maximum Gasteiger partial charge on any atom is 0.261 e. The van der Waals surface area contributed by atoms with E-state index in [2.05, 4.69) is 11.4 Å². The Bertz CT molecular complexity index is 957. The third kappa shape index (κ3) is 4.20. The van der Waals surface area contributed by atoms with Crippen LogP contribution in [-0.2, 0) is 14.3 Å². The number of hydrogen-bond donors (Lipinski definition) is 1. The molecule has 0 bridgehead atoms. The van der Waals surface area contributed by atoms with Gasteiger partial charge in [0, 0.05) is 50.3 Å². The van der Waals surface area contributed by atoms with Gasteiger partial charge in [0.1, 0.15) is 6.61 Å². The highest BCUT2D eigenvalue weighted by Gasteiger charge is 2.32. The molecule has 2 fully saturated rings. The molecule has 0 spiro atoms. The molecule has 1 atom stereocenters. The fourth-order valence-corrected chi connectivity index (χ4v) is 5.58. The van der Waals surface area contributed by atoms with Crippen molar-refractivity contribution in [2.75, 3.05) is 46.4 Å². The monoisotopic (exact) mass is 429 g/mol. The summed E-state index contributed by atoms with van der Waals surface area (Å²) in [5, 5.41) is 3.85. The number of amides is 3. The average Bonchev–Trinajstić information content (AvgIpc) is 3.48. The predicted octanol–water partition coefficient (Wildman–Crippen LogP) is 2.22. The Kier molecular flexibility index (Phi) is 6.34. The number of thiophene rings is 1. The number of ether oxygens (including phenoxy) is 1. The number of rotatable bonds is 7. The minimum atomic E-state index is -0.0734. The number of nitrogens with one attached hydrogen (secondary N) is 1. The van der Waals surface area contributed by atoms with Crippen LogP contribution in [0.5, 0.6) is 0 Å². The maximum absolute atomic E-state index is 12.6. The molecule has 0 aliphatic carbocycles. The van der Waals surface area contributed by atoms with Crippen molar-refractivity contribution in [3.05, 3.63) is 34.7 Å². The van der Waals surface area contributed by atoms with E-state index in [1.54, 1.807) is 11.9 Å². The SMILES string of the molecule is CNC(=O)c1sc2ccccc2c1[C@H]1CCN(C(=O)COCCN2CCCC2=O)C1. The molecule has 2 saturated heterocycles. The van der Waals surface area contributed by atoms with Crippen molar-refractivity contribution < 1.29 is 19.1 Å². The Labute approximate surface area is 180 Å². The molecule has 0 radical (unpaired) electrons. The first kappa shape index (κ1) is 20.8. The summed E-state index contributed by atoms with van der Waals surface area (Å²) in [5.41, 5.74) is 1.05. The molecule has 3 amide bonds. The number of nitrogens with zero attached hydrogens (tertiary/aromatic N) is 2. The molecule has 8 heteroatoms. The maximum atomic E-state index is 12.6. The van der Waals surface area contributed by atoms with Gasteiger partial charge in [0.15, 0.2) is 0 Å². The lowest BCUT2D eigenvalue weighted by Gasteiger charge is -2.18. The molecule has 2 aromatic rings. The number of likely N-dealkylation sites (tertiary alicyclic amines) is 2. The van der Waals surface area contributed by atoms with Crippen LogP contribution >= 0.6 is 11.3 Å². The van der Waals surface area contributed by atoms with Crippen LogP contribution in [0.1, 0.15) is 40.4 Å². The molecule has 3 heterocycles. The molecule has 0 saturated carbocycles. The highest BCUT2D eigenvalue weighted by atomic mass is 32.1. The van der Waals surface area contributed by atoms with Gasteiger partial charge in [-0.15, -0.1) is 11.3 Å². The van der Waals surface area contributed by atoms with Gasteiger partial charge in [-0.2, -0.15) is 0 Å². The van der Waals surface area contributed by atoms with Crippen molar-refractivity contribution in [1.82, 2.24) is 15.1 Å². The Balaban J connectivity index is 1.36. The molecular formula is C22H27N3O4S. The van der Waals surface area contributed by atoms with Crippen LogP contribution in [0.25, 0.3) is 10.1 Å². The van der Waals surface area contributed by atoms with Crippen LogP contribution in [0.15, 0.2) is 24.3 Å². The fraction of sp³-hybridized carbons (Fsp3) is 0.500. The second-order valence-corrected chi connectivity index (χ2v) is 8.83. The molecule has 0 unspecified atom stereocenters. The Morgan fingerprint density at radius 3 is 2.87 bits per heavy atom. The Morgan fingerprint density at radius 2 is 2.10 bits per heavy atom. The fourth-order valence-electron chi connectivity index (χ4n) is 4.34. The molecule has 4 rings (SSSR count). The average molecular weight is 430 g/mol. The van der Waals surface area contributed by atoms with Crippen LogP contribution in [-0.4, -0.2) is 74.0 Å². The Hall–Kier alpha value is -2.45. The quantitative estimate of drug-likeness (QED) is 0.685. The smallest absolute Gasteiger partial charge is 0.261 e. The topological polar surface area (TPSA) is 79.0 Å². The van der Waals surface area contributed by atoms with Gasteiger partial charge in [-0.25, -0.2) is 0 Å². The number of hydrogen-bond acceptors (Lipinski definition) is 5. The van der Waals surface area contributed by atoms with Crippen molar-refractivity contribution in [2.24, 2.45) is 0 Å². The molecular weight excluding hydrogens is 402 g/mol. The largest absolute Gasteiger partial charge is 0.370 e. The van der Waals surface area contributed by atoms with Gasteiger partial charge >= 0.3 is 0 Å². The number of carbonyl (C=O) groups is 3. The molecule has 1 N–H and O–H groups in total. The molecule has 2 aliphatic heterocycles. The summed E-state index contributed by atoms with van der Waals surface area (Å²) < 4.78 is 6.64. The summed E-state index contributed by atoms with van der Waals surface area (Å²) >= 11 is 1.51. The third-order valence-corrected chi connectivity index (χ3v) is 7.10. The first-order valence-corrected chi connectivity index (χ1v) is 11.3. The van der Waals surface area contributed by atoms with Crippen molar-refractivity contribution in [3.8, 4) is 0 Å². The van der Waals surface area contributed by atoms with Gasteiger partial charge < -0.3 is 19.9 Å². The van der Waals surface area contributed by atoms with Crippen molar-refractivity contribution in [3.63, 3.8) is 0 Å². The van der Waals surface area contributed by atoms with E-state index in [0.717, 1.165) is 39.9 Å². The second-order valence-electron chi connectivity index (χ2n) is 7.78. The lowest BCUT2D eigenvalue weighted by Crippen LogP contribution is -2.34. The standard InChI is InChI=1S/C22H27N3O4S/c1-23-22(28)21-20(16-5-2-3-6-17(16)30-21)15-8-10-25(13-15)19(27)14-29-12-11-24-9-4-7-18(24)26/h2-3,5-6,15H,4,7-14H2,1H3,(H,23,28)/t15-/m0/s1. The molecule has 1 aromatic carbocycles. The summed E-state index contributed by atoms with van der Waals surface area (Å²) in [6.07, 6.45) is 2.35. The van der Waals surface area contributed by atoms with Crippen molar-refractivity contribution >= 4 is 39.1 Å². The van der Waals surface area contributed by atoms with E-state index < -0.39 is 0 Å². The Morgan fingerprint density at radius 1 is 1.27 bits per heavy atom. The van der Waals surface area contributed by atoms with Gasteiger partial charge in [0.2, 0.25) is 11.8 Å². The van der Waals surface area contributed by atoms with E-state index in [1.165, 1.54) is 11.3 Å². The number of benzene rings is 1. The van der Waals surface area contributed by atoms with Gasteiger partial charge in [-0.3, -0.25) is 14.4 Å². The third-order valence-electron chi connectivity index (χ3n) is 5.92. The molecule has 1 aromatic heterocycles. The zero-order valence-corrected chi connectivity index (χ0v) is 18.0. The summed E-state index contributed by atoms with van der Waals surface area (Å²) in [7, 11) is 1.65. The van der Waals surface area contributed by atoms with E-state index in [1.807, 2.05) is 23.1 Å². The van der Waals surface area contributed by atoms with Crippen molar-refractivity contribution in [2.45, 2.75) is 25.2 Å². The first-order valence-electron chi connectivity index (χ1n) is 10.4.